The van der Waals surface area contributed by atoms with Crippen molar-refractivity contribution in [3.8, 4) is 0 Å². The molecule has 1 aliphatic rings. The normalized spacial score (nSPS) is 15.8. The summed E-state index contributed by atoms with van der Waals surface area (Å²) in [6, 6.07) is 4.97. The first kappa shape index (κ1) is 16.3. The number of benzene rings is 1. The zero-order valence-electron chi connectivity index (χ0n) is 13.2. The Morgan fingerprint density at radius 2 is 2.17 bits per heavy atom. The number of aromatic nitrogens is 2. The van der Waals surface area contributed by atoms with E-state index in [2.05, 4.69) is 14.9 Å². The van der Waals surface area contributed by atoms with Crippen molar-refractivity contribution < 1.29 is 19.1 Å². The minimum absolute atomic E-state index is 0.0918. The molecule has 0 spiro atoms. The molecule has 7 nitrogen and oxygen atoms in total. The van der Waals surface area contributed by atoms with E-state index in [0.29, 0.717) is 28.2 Å². The number of ether oxygens (including phenoxy) is 1. The molecule has 1 amide bonds. The van der Waals surface area contributed by atoms with Gasteiger partial charge in [0.25, 0.3) is 0 Å². The van der Waals surface area contributed by atoms with Gasteiger partial charge in [-0.25, -0.2) is 4.79 Å². The maximum absolute atomic E-state index is 12.3. The Kier molecular flexibility index (Phi) is 4.39. The summed E-state index contributed by atoms with van der Waals surface area (Å²) in [7, 11) is 0. The van der Waals surface area contributed by atoms with Gasteiger partial charge in [0.1, 0.15) is 0 Å². The molecule has 24 heavy (non-hydrogen) atoms. The van der Waals surface area contributed by atoms with E-state index in [1.165, 1.54) is 0 Å². The van der Waals surface area contributed by atoms with Gasteiger partial charge >= 0.3 is 5.97 Å². The maximum Gasteiger partial charge on any atom is 0.352 e. The number of rotatable bonds is 5. The number of hydrogen-bond acceptors (Lipinski definition) is 7. The van der Waals surface area contributed by atoms with Gasteiger partial charge < -0.3 is 10.1 Å². The average molecular weight is 345 g/mol. The van der Waals surface area contributed by atoms with Crippen LogP contribution >= 0.6 is 11.5 Å². The number of amides is 1. The standard InChI is InChI=1S/C16H15N3O4S/c1-3-11-14(24-19-18-11)16(22)23-7-13(20)9-4-5-12-10(6-9)8(2)15(21)17-12/h4-6,8H,3,7H2,1-2H3,(H,17,21)/t8-/m1/s1. The Labute approximate surface area is 142 Å². The second-order valence-electron chi connectivity index (χ2n) is 5.41. The van der Waals surface area contributed by atoms with Crippen molar-refractivity contribution in [2.24, 2.45) is 0 Å². The highest BCUT2D eigenvalue weighted by Crippen LogP contribution is 2.32. The number of aryl methyl sites for hydroxylation is 1. The monoisotopic (exact) mass is 345 g/mol. The molecule has 2 heterocycles. The molecule has 1 aromatic carbocycles. The summed E-state index contributed by atoms with van der Waals surface area (Å²) in [6.07, 6.45) is 0.568. The third kappa shape index (κ3) is 2.92. The maximum atomic E-state index is 12.3. The first-order valence-electron chi connectivity index (χ1n) is 7.47. The van der Waals surface area contributed by atoms with Crippen LogP contribution in [-0.2, 0) is 16.0 Å². The molecule has 0 aliphatic carbocycles. The van der Waals surface area contributed by atoms with E-state index in [-0.39, 0.29) is 24.2 Å². The van der Waals surface area contributed by atoms with Gasteiger partial charge in [-0.2, -0.15) is 0 Å². The number of anilines is 1. The van der Waals surface area contributed by atoms with Crippen molar-refractivity contribution >= 4 is 34.9 Å². The van der Waals surface area contributed by atoms with Crippen LogP contribution in [-0.4, -0.2) is 33.9 Å². The van der Waals surface area contributed by atoms with E-state index in [1.54, 1.807) is 25.1 Å². The molecule has 1 N–H and O–H groups in total. The van der Waals surface area contributed by atoms with Gasteiger partial charge in [-0.1, -0.05) is 11.4 Å². The Hall–Kier alpha value is -2.61. The summed E-state index contributed by atoms with van der Waals surface area (Å²) in [5.74, 6) is -1.31. The molecule has 8 heteroatoms. The Bertz CT molecular complexity index is 830. The van der Waals surface area contributed by atoms with Crippen LogP contribution in [0.2, 0.25) is 0 Å². The van der Waals surface area contributed by atoms with Crippen LogP contribution in [0.25, 0.3) is 0 Å². The van der Waals surface area contributed by atoms with E-state index < -0.39 is 5.97 Å². The molecular formula is C16H15N3O4S. The zero-order chi connectivity index (χ0) is 17.3. The number of esters is 1. The van der Waals surface area contributed by atoms with Crippen molar-refractivity contribution in [1.29, 1.82) is 0 Å². The summed E-state index contributed by atoms with van der Waals surface area (Å²) in [5, 5.41) is 6.59. The number of nitrogens with zero attached hydrogens (tertiary/aromatic N) is 2. The highest BCUT2D eigenvalue weighted by molar-refractivity contribution is 7.07. The summed E-state index contributed by atoms with van der Waals surface area (Å²) >= 11 is 0.954. The summed E-state index contributed by atoms with van der Waals surface area (Å²) in [6.45, 7) is 3.27. The lowest BCUT2D eigenvalue weighted by Gasteiger charge is -2.06. The first-order chi connectivity index (χ1) is 11.5. The fraction of sp³-hybridized carbons (Fsp3) is 0.312. The van der Waals surface area contributed by atoms with E-state index in [0.717, 1.165) is 17.1 Å². The fourth-order valence-corrected chi connectivity index (χ4v) is 3.11. The van der Waals surface area contributed by atoms with Gasteiger partial charge in [0.05, 0.1) is 11.6 Å². The molecule has 0 saturated carbocycles. The van der Waals surface area contributed by atoms with Crippen molar-refractivity contribution in [3.05, 3.63) is 39.9 Å². The molecule has 1 atom stereocenters. The van der Waals surface area contributed by atoms with Crippen LogP contribution in [0.5, 0.6) is 0 Å². The number of Topliss-reactive ketones (excluding diaryl/α,β-unsaturated/α-hetero) is 1. The minimum Gasteiger partial charge on any atom is -0.453 e. The SMILES string of the molecule is CCc1nnsc1C(=O)OCC(=O)c1ccc2c(c1)[C@@H](C)C(=O)N2. The second kappa shape index (κ2) is 6.48. The first-order valence-corrected chi connectivity index (χ1v) is 8.25. The van der Waals surface area contributed by atoms with Crippen LogP contribution in [0.1, 0.15) is 51.1 Å². The molecule has 0 unspecified atom stereocenters. The number of fused-ring (bicyclic) bond motifs is 1. The van der Waals surface area contributed by atoms with Gasteiger partial charge in [0, 0.05) is 11.3 Å². The van der Waals surface area contributed by atoms with E-state index >= 15 is 0 Å². The predicted molar refractivity (Wildman–Crippen MR) is 87.4 cm³/mol. The van der Waals surface area contributed by atoms with E-state index in [4.69, 9.17) is 4.74 Å². The van der Waals surface area contributed by atoms with Crippen molar-refractivity contribution in [3.63, 3.8) is 0 Å². The van der Waals surface area contributed by atoms with Crippen LogP contribution in [0.15, 0.2) is 18.2 Å². The molecule has 0 saturated heterocycles. The average Bonchev–Trinajstić information content (AvgIpc) is 3.17. The molecule has 0 radical (unpaired) electrons. The topological polar surface area (TPSA) is 98.2 Å². The third-order valence-electron chi connectivity index (χ3n) is 3.90. The Morgan fingerprint density at radius 3 is 2.92 bits per heavy atom. The Morgan fingerprint density at radius 1 is 1.38 bits per heavy atom. The fourth-order valence-electron chi connectivity index (χ4n) is 2.47. The lowest BCUT2D eigenvalue weighted by molar-refractivity contribution is -0.116. The molecule has 3 rings (SSSR count). The molecular weight excluding hydrogens is 330 g/mol. The molecule has 1 aliphatic heterocycles. The molecule has 0 bridgehead atoms. The summed E-state index contributed by atoms with van der Waals surface area (Å²) in [5.41, 5.74) is 2.46. The van der Waals surface area contributed by atoms with Crippen LogP contribution in [0.4, 0.5) is 5.69 Å². The van der Waals surface area contributed by atoms with E-state index in [9.17, 15) is 14.4 Å². The predicted octanol–water partition coefficient (Wildman–Crippen LogP) is 2.20. The van der Waals surface area contributed by atoms with Gasteiger partial charge in [0.15, 0.2) is 17.3 Å². The Balaban J connectivity index is 1.68. The van der Waals surface area contributed by atoms with Gasteiger partial charge in [-0.15, -0.1) is 5.10 Å². The minimum atomic E-state index is -0.596. The summed E-state index contributed by atoms with van der Waals surface area (Å²) in [4.78, 5) is 36.2. The van der Waals surface area contributed by atoms with Crippen molar-refractivity contribution in [1.82, 2.24) is 9.59 Å². The highest BCUT2D eigenvalue weighted by Gasteiger charge is 2.27. The lowest BCUT2D eigenvalue weighted by atomic mass is 9.99. The number of ketones is 1. The number of nitrogens with one attached hydrogen (secondary N) is 1. The second-order valence-corrected chi connectivity index (χ2v) is 6.17. The van der Waals surface area contributed by atoms with E-state index in [1.807, 2.05) is 6.92 Å². The molecule has 1 aromatic heterocycles. The van der Waals surface area contributed by atoms with Crippen LogP contribution in [0.3, 0.4) is 0 Å². The third-order valence-corrected chi connectivity index (χ3v) is 4.65. The van der Waals surface area contributed by atoms with Gasteiger partial charge in [-0.3, -0.25) is 9.59 Å². The van der Waals surface area contributed by atoms with Crippen molar-refractivity contribution in [2.75, 3.05) is 11.9 Å². The zero-order valence-corrected chi connectivity index (χ0v) is 14.0. The van der Waals surface area contributed by atoms with Crippen LogP contribution in [0, 0.1) is 0 Å². The number of hydrogen-bond donors (Lipinski definition) is 1. The largest absolute Gasteiger partial charge is 0.453 e. The number of carbonyl (C=O) groups is 3. The van der Waals surface area contributed by atoms with Crippen LogP contribution < -0.4 is 5.32 Å². The lowest BCUT2D eigenvalue weighted by Crippen LogP contribution is -2.14. The van der Waals surface area contributed by atoms with Gasteiger partial charge in [-0.05, 0) is 48.6 Å². The highest BCUT2D eigenvalue weighted by atomic mass is 32.1. The smallest absolute Gasteiger partial charge is 0.352 e. The molecule has 2 aromatic rings. The van der Waals surface area contributed by atoms with Crippen molar-refractivity contribution in [2.45, 2.75) is 26.2 Å². The van der Waals surface area contributed by atoms with Gasteiger partial charge in [0.2, 0.25) is 5.91 Å². The summed E-state index contributed by atoms with van der Waals surface area (Å²) < 4.78 is 8.79. The molecule has 0 fully saturated rings. The quantitative estimate of drug-likeness (QED) is 0.659. The molecule has 124 valence electrons. The number of carbonyl (C=O) groups excluding carboxylic acids is 3.